The number of ether oxygens (including phenoxy) is 2. The number of nitrogens with one attached hydrogen (secondary N) is 1. The van der Waals surface area contributed by atoms with E-state index in [9.17, 15) is 9.59 Å². The van der Waals surface area contributed by atoms with Crippen LogP contribution in [0.15, 0.2) is 28.2 Å². The van der Waals surface area contributed by atoms with E-state index in [4.69, 9.17) is 14.5 Å². The maximum Gasteiger partial charge on any atom is 0.262 e. The summed E-state index contributed by atoms with van der Waals surface area (Å²) >= 11 is 2.93. The molecule has 1 aromatic carbocycles. The van der Waals surface area contributed by atoms with E-state index in [1.165, 1.54) is 28.6 Å². The molecule has 0 spiro atoms. The molecule has 2 heterocycles. The van der Waals surface area contributed by atoms with Gasteiger partial charge in [0.2, 0.25) is 5.91 Å². The molecule has 7 nitrogen and oxygen atoms in total. The lowest BCUT2D eigenvalue weighted by atomic mass is 9.97. The van der Waals surface area contributed by atoms with Gasteiger partial charge in [-0.1, -0.05) is 17.8 Å². The SMILES string of the molecule is COc1ccc(CCNC(=O)CSc2nc3sc4c(c3c(=O)n2C)CCCC4)cc1OC. The molecule has 0 saturated heterocycles. The van der Waals surface area contributed by atoms with E-state index < -0.39 is 0 Å². The number of methoxy groups -OCH3 is 2. The normalized spacial score (nSPS) is 13.1. The molecular formula is C23H27N3O4S2. The molecule has 0 bridgehead atoms. The van der Waals surface area contributed by atoms with Gasteiger partial charge in [-0.05, 0) is 55.4 Å². The summed E-state index contributed by atoms with van der Waals surface area (Å²) in [5.41, 5.74) is 2.23. The number of carbonyl (C=O) groups excluding carboxylic acids is 1. The van der Waals surface area contributed by atoms with Crippen LogP contribution in [0.4, 0.5) is 0 Å². The van der Waals surface area contributed by atoms with Crippen LogP contribution in [0, 0.1) is 0 Å². The van der Waals surface area contributed by atoms with Gasteiger partial charge in [0.05, 0.1) is 25.4 Å². The molecule has 3 aromatic rings. The molecule has 170 valence electrons. The molecule has 0 radical (unpaired) electrons. The van der Waals surface area contributed by atoms with Crippen molar-refractivity contribution in [1.82, 2.24) is 14.9 Å². The van der Waals surface area contributed by atoms with Gasteiger partial charge in [0.1, 0.15) is 4.83 Å². The number of aromatic nitrogens is 2. The zero-order chi connectivity index (χ0) is 22.7. The molecule has 0 fully saturated rings. The molecule has 0 unspecified atom stereocenters. The van der Waals surface area contributed by atoms with Crippen molar-refractivity contribution >= 4 is 39.2 Å². The summed E-state index contributed by atoms with van der Waals surface area (Å²) in [6, 6.07) is 5.73. The number of aryl methyl sites for hydroxylation is 2. The summed E-state index contributed by atoms with van der Waals surface area (Å²) in [6.45, 7) is 0.512. The van der Waals surface area contributed by atoms with Crippen LogP contribution in [0.5, 0.6) is 11.5 Å². The van der Waals surface area contributed by atoms with Crippen molar-refractivity contribution in [1.29, 1.82) is 0 Å². The Kier molecular flexibility index (Phi) is 7.05. The molecule has 2 aromatic heterocycles. The van der Waals surface area contributed by atoms with Crippen LogP contribution in [0.25, 0.3) is 10.2 Å². The molecule has 1 amide bonds. The summed E-state index contributed by atoms with van der Waals surface area (Å²) in [5.74, 6) is 1.47. The Morgan fingerprint density at radius 1 is 1.22 bits per heavy atom. The molecule has 1 aliphatic carbocycles. The quantitative estimate of drug-likeness (QED) is 0.399. The fraction of sp³-hybridized carbons (Fsp3) is 0.435. The second-order valence-corrected chi connectivity index (χ2v) is 9.75. The lowest BCUT2D eigenvalue weighted by Gasteiger charge is -2.11. The van der Waals surface area contributed by atoms with Gasteiger partial charge < -0.3 is 14.8 Å². The average molecular weight is 474 g/mol. The minimum Gasteiger partial charge on any atom is -0.493 e. The van der Waals surface area contributed by atoms with Gasteiger partial charge in [0.25, 0.3) is 5.56 Å². The highest BCUT2D eigenvalue weighted by molar-refractivity contribution is 7.99. The Morgan fingerprint density at radius 3 is 2.78 bits per heavy atom. The number of fused-ring (bicyclic) bond motifs is 3. The minimum absolute atomic E-state index is 0.00855. The summed E-state index contributed by atoms with van der Waals surface area (Å²) in [4.78, 5) is 32.1. The third-order valence-electron chi connectivity index (χ3n) is 5.67. The second-order valence-electron chi connectivity index (χ2n) is 7.73. The van der Waals surface area contributed by atoms with Gasteiger partial charge in [0.15, 0.2) is 16.7 Å². The Morgan fingerprint density at radius 2 is 2.00 bits per heavy atom. The number of benzene rings is 1. The van der Waals surface area contributed by atoms with E-state index in [0.717, 1.165) is 35.0 Å². The van der Waals surface area contributed by atoms with E-state index in [-0.39, 0.29) is 17.2 Å². The highest BCUT2D eigenvalue weighted by Crippen LogP contribution is 2.34. The van der Waals surface area contributed by atoms with Crippen LogP contribution in [0.3, 0.4) is 0 Å². The average Bonchev–Trinajstić information content (AvgIpc) is 3.18. The predicted octanol–water partition coefficient (Wildman–Crippen LogP) is 3.34. The first-order valence-corrected chi connectivity index (χ1v) is 12.4. The first kappa shape index (κ1) is 22.7. The smallest absolute Gasteiger partial charge is 0.262 e. The van der Waals surface area contributed by atoms with Crippen molar-refractivity contribution in [2.45, 2.75) is 37.3 Å². The number of nitrogens with zero attached hydrogens (tertiary/aromatic N) is 2. The molecule has 32 heavy (non-hydrogen) atoms. The first-order valence-electron chi connectivity index (χ1n) is 10.6. The standard InChI is InChI=1S/C23H27N3O4S2/c1-26-22(28)20-15-6-4-5-7-18(15)32-21(20)25-23(26)31-13-19(27)24-11-10-14-8-9-16(29-2)17(12-14)30-3/h8-9,12H,4-7,10-11,13H2,1-3H3,(H,24,27). The first-order chi connectivity index (χ1) is 15.5. The second kappa shape index (κ2) is 9.95. The van der Waals surface area contributed by atoms with Crippen LogP contribution in [-0.4, -0.2) is 42.0 Å². The predicted molar refractivity (Wildman–Crippen MR) is 128 cm³/mol. The van der Waals surface area contributed by atoms with Crippen molar-refractivity contribution in [3.63, 3.8) is 0 Å². The largest absolute Gasteiger partial charge is 0.493 e. The van der Waals surface area contributed by atoms with Gasteiger partial charge in [0, 0.05) is 18.5 Å². The van der Waals surface area contributed by atoms with E-state index in [0.29, 0.717) is 29.6 Å². The van der Waals surface area contributed by atoms with Crippen LogP contribution in [0.2, 0.25) is 0 Å². The molecule has 1 aliphatic rings. The van der Waals surface area contributed by atoms with Crippen molar-refractivity contribution in [3.05, 3.63) is 44.6 Å². The van der Waals surface area contributed by atoms with E-state index in [1.807, 2.05) is 18.2 Å². The van der Waals surface area contributed by atoms with Gasteiger partial charge in [-0.25, -0.2) is 4.98 Å². The molecule has 0 aliphatic heterocycles. The fourth-order valence-electron chi connectivity index (χ4n) is 3.96. The summed E-state index contributed by atoms with van der Waals surface area (Å²) < 4.78 is 12.1. The van der Waals surface area contributed by atoms with Gasteiger partial charge >= 0.3 is 0 Å². The number of carbonyl (C=O) groups is 1. The van der Waals surface area contributed by atoms with E-state index >= 15 is 0 Å². The molecule has 9 heteroatoms. The number of amides is 1. The number of rotatable bonds is 8. The van der Waals surface area contributed by atoms with Crippen LogP contribution < -0.4 is 20.3 Å². The highest BCUT2D eigenvalue weighted by atomic mass is 32.2. The summed E-state index contributed by atoms with van der Waals surface area (Å²) in [5, 5.41) is 4.29. The maximum absolute atomic E-state index is 13.0. The van der Waals surface area contributed by atoms with Crippen LogP contribution in [-0.2, 0) is 31.1 Å². The topological polar surface area (TPSA) is 82.5 Å². The highest BCUT2D eigenvalue weighted by Gasteiger charge is 2.21. The fourth-order valence-corrected chi connectivity index (χ4v) is 6.06. The molecule has 1 N–H and O–H groups in total. The van der Waals surface area contributed by atoms with Crippen LogP contribution >= 0.6 is 23.1 Å². The van der Waals surface area contributed by atoms with E-state index in [1.54, 1.807) is 37.2 Å². The maximum atomic E-state index is 13.0. The minimum atomic E-state index is -0.0877. The van der Waals surface area contributed by atoms with Gasteiger partial charge in [-0.2, -0.15) is 0 Å². The molecule has 0 atom stereocenters. The molecular weight excluding hydrogens is 446 g/mol. The van der Waals surface area contributed by atoms with Crippen LogP contribution in [0.1, 0.15) is 28.8 Å². The van der Waals surface area contributed by atoms with E-state index in [2.05, 4.69) is 5.32 Å². The van der Waals surface area contributed by atoms with Gasteiger partial charge in [-0.15, -0.1) is 11.3 Å². The third-order valence-corrected chi connectivity index (χ3v) is 7.89. The van der Waals surface area contributed by atoms with Crippen molar-refractivity contribution in [2.24, 2.45) is 7.05 Å². The Labute approximate surface area is 195 Å². The van der Waals surface area contributed by atoms with Gasteiger partial charge in [-0.3, -0.25) is 14.2 Å². The van der Waals surface area contributed by atoms with Crippen molar-refractivity contribution in [3.8, 4) is 11.5 Å². The monoisotopic (exact) mass is 473 g/mol. The number of hydrogen-bond donors (Lipinski definition) is 1. The zero-order valence-corrected chi connectivity index (χ0v) is 20.2. The lowest BCUT2D eigenvalue weighted by Crippen LogP contribution is -2.28. The summed E-state index contributed by atoms with van der Waals surface area (Å²) in [6.07, 6.45) is 4.97. The number of thiophene rings is 1. The third kappa shape index (κ3) is 4.63. The Hall–Kier alpha value is -2.52. The van der Waals surface area contributed by atoms with Crippen molar-refractivity contribution < 1.29 is 14.3 Å². The molecule has 0 saturated carbocycles. The zero-order valence-electron chi connectivity index (χ0n) is 18.5. The number of hydrogen-bond acceptors (Lipinski definition) is 7. The van der Waals surface area contributed by atoms with Crippen molar-refractivity contribution in [2.75, 3.05) is 26.5 Å². The lowest BCUT2D eigenvalue weighted by molar-refractivity contribution is -0.118. The Balaban J connectivity index is 1.36. The number of thioether (sulfide) groups is 1. The Bertz CT molecular complexity index is 1200. The molecule has 4 rings (SSSR count). The summed E-state index contributed by atoms with van der Waals surface area (Å²) in [7, 11) is 4.94.